The minimum absolute atomic E-state index is 0.0313. The normalized spacial score (nSPS) is 22.7. The van der Waals surface area contributed by atoms with Crippen molar-refractivity contribution in [3.63, 3.8) is 0 Å². The maximum atomic E-state index is 3.60. The minimum atomic E-state index is -0.0313. The summed E-state index contributed by atoms with van der Waals surface area (Å²) >= 11 is 0. The molecule has 0 saturated carbocycles. The van der Waals surface area contributed by atoms with Crippen LogP contribution in [-0.4, -0.2) is 20.1 Å². The molecule has 0 atom stereocenters. The molecule has 2 heterocycles. The second-order valence-corrected chi connectivity index (χ2v) is 1.69. The third kappa shape index (κ3) is 1.54. The summed E-state index contributed by atoms with van der Waals surface area (Å²) in [5.41, 5.74) is 0. The van der Waals surface area contributed by atoms with Crippen molar-refractivity contribution in [1.82, 2.24) is 10.5 Å². The van der Waals surface area contributed by atoms with E-state index >= 15 is 0 Å². The zero-order valence-electron chi connectivity index (χ0n) is 4.52. The molecule has 2 aliphatic heterocycles. The molecule has 0 aromatic heterocycles. The van der Waals surface area contributed by atoms with Crippen LogP contribution in [0.1, 0.15) is 0 Å². The second kappa shape index (κ2) is 1.85. The number of hydrogen-bond donors (Lipinski definition) is 2. The van der Waals surface area contributed by atoms with E-state index in [4.69, 9.17) is 0 Å². The topological polar surface area (TPSA) is 73.5 Å². The van der Waals surface area contributed by atoms with Gasteiger partial charge >= 0.3 is 7.55 Å². The van der Waals surface area contributed by atoms with Gasteiger partial charge in [-0.3, -0.25) is 0 Å². The van der Waals surface area contributed by atoms with E-state index in [1.807, 2.05) is 0 Å². The average Bonchev–Trinajstić information content (AvgIpc) is 2.57. The monoisotopic (exact) mass is 123 g/mol. The van der Waals surface area contributed by atoms with Gasteiger partial charge in [-0.15, -0.1) is 20.5 Å². The first-order valence-electron chi connectivity index (χ1n) is 2.59. The van der Waals surface area contributed by atoms with Crippen molar-refractivity contribution in [2.24, 2.45) is 20.5 Å². The summed E-state index contributed by atoms with van der Waals surface area (Å²) in [4.78, 5) is 0. The Kier molecular flexibility index (Phi) is 1.03. The SMILES string of the molecule is [B](NC1N=N1)NC1N=N1. The Morgan fingerprint density at radius 2 is 1.33 bits per heavy atom. The number of hydrogen-bond acceptors (Lipinski definition) is 6. The van der Waals surface area contributed by atoms with Crippen molar-refractivity contribution in [3.8, 4) is 0 Å². The Hall–Kier alpha value is -0.815. The Morgan fingerprint density at radius 1 is 0.889 bits per heavy atom. The summed E-state index contributed by atoms with van der Waals surface area (Å²) in [6, 6.07) is 0. The van der Waals surface area contributed by atoms with Crippen molar-refractivity contribution in [2.75, 3.05) is 0 Å². The lowest BCUT2D eigenvalue weighted by Crippen LogP contribution is -2.36. The van der Waals surface area contributed by atoms with Crippen LogP contribution in [-0.2, 0) is 0 Å². The largest absolute Gasteiger partial charge is 0.313 e. The van der Waals surface area contributed by atoms with Crippen LogP contribution in [0.2, 0.25) is 0 Å². The number of rotatable bonds is 4. The predicted molar refractivity (Wildman–Crippen MR) is 29.3 cm³/mol. The molecule has 6 nitrogen and oxygen atoms in total. The van der Waals surface area contributed by atoms with Gasteiger partial charge in [0.25, 0.3) is 0 Å². The van der Waals surface area contributed by atoms with Crippen LogP contribution in [0.15, 0.2) is 20.5 Å². The van der Waals surface area contributed by atoms with E-state index in [1.54, 1.807) is 7.55 Å². The molecule has 0 spiro atoms. The van der Waals surface area contributed by atoms with Gasteiger partial charge in [0.15, 0.2) is 0 Å². The maximum Gasteiger partial charge on any atom is 0.313 e. The molecular weight excluding hydrogens is 119 g/mol. The molecule has 0 fully saturated rings. The quantitative estimate of drug-likeness (QED) is 0.480. The van der Waals surface area contributed by atoms with Crippen LogP contribution in [0.4, 0.5) is 0 Å². The first kappa shape index (κ1) is 5.01. The fourth-order valence-corrected chi connectivity index (χ4v) is 0.397. The third-order valence-electron chi connectivity index (χ3n) is 0.927. The molecule has 45 valence electrons. The minimum Gasteiger partial charge on any atom is -0.303 e. The van der Waals surface area contributed by atoms with E-state index in [0.717, 1.165) is 0 Å². The fourth-order valence-electron chi connectivity index (χ4n) is 0.397. The van der Waals surface area contributed by atoms with Gasteiger partial charge in [-0.25, -0.2) is 0 Å². The highest BCUT2D eigenvalue weighted by Crippen LogP contribution is 2.05. The number of nitrogens with one attached hydrogen (secondary N) is 2. The molecule has 7 heteroatoms. The molecule has 2 rings (SSSR count). The van der Waals surface area contributed by atoms with Gasteiger partial charge in [0, 0.05) is 0 Å². The van der Waals surface area contributed by atoms with E-state index in [1.165, 1.54) is 0 Å². The van der Waals surface area contributed by atoms with Crippen LogP contribution in [0.25, 0.3) is 0 Å². The summed E-state index contributed by atoms with van der Waals surface area (Å²) in [6.45, 7) is 0. The lowest BCUT2D eigenvalue weighted by atomic mass is 10.2. The summed E-state index contributed by atoms with van der Waals surface area (Å²) in [7, 11) is 1.65. The van der Waals surface area contributed by atoms with Crippen LogP contribution in [0.5, 0.6) is 0 Å². The highest BCUT2D eigenvalue weighted by Gasteiger charge is 2.18. The lowest BCUT2D eigenvalue weighted by Gasteiger charge is -1.93. The Bertz CT molecular complexity index is 134. The zero-order chi connectivity index (χ0) is 6.10. The first-order valence-corrected chi connectivity index (χ1v) is 2.59. The smallest absolute Gasteiger partial charge is 0.303 e. The van der Waals surface area contributed by atoms with Gasteiger partial charge in [0.05, 0.1) is 0 Å². The van der Waals surface area contributed by atoms with Gasteiger partial charge in [0.1, 0.15) is 0 Å². The van der Waals surface area contributed by atoms with Gasteiger partial charge in [-0.05, 0) is 0 Å². The van der Waals surface area contributed by atoms with Crippen molar-refractivity contribution in [1.29, 1.82) is 0 Å². The van der Waals surface area contributed by atoms with Gasteiger partial charge in [-0.2, -0.15) is 0 Å². The van der Waals surface area contributed by atoms with Crippen LogP contribution in [0.3, 0.4) is 0 Å². The van der Waals surface area contributed by atoms with E-state index in [9.17, 15) is 0 Å². The molecule has 2 N–H and O–H groups in total. The van der Waals surface area contributed by atoms with Crippen molar-refractivity contribution < 1.29 is 0 Å². The zero-order valence-corrected chi connectivity index (χ0v) is 4.52. The van der Waals surface area contributed by atoms with Gasteiger partial charge in [-0.1, -0.05) is 0 Å². The fraction of sp³-hybridized carbons (Fsp3) is 1.00. The predicted octanol–water partition coefficient (Wildman–Crippen LogP) is -0.801. The summed E-state index contributed by atoms with van der Waals surface area (Å²) in [5, 5.41) is 20.1. The summed E-state index contributed by atoms with van der Waals surface area (Å²) in [5.74, 6) is 0. The molecule has 0 aliphatic carbocycles. The molecule has 9 heavy (non-hydrogen) atoms. The second-order valence-electron chi connectivity index (χ2n) is 1.69. The van der Waals surface area contributed by atoms with Crippen molar-refractivity contribution in [2.45, 2.75) is 12.6 Å². The molecule has 0 aromatic rings. The van der Waals surface area contributed by atoms with Gasteiger partial charge in [0.2, 0.25) is 12.6 Å². The molecule has 0 saturated heterocycles. The van der Waals surface area contributed by atoms with E-state index in [2.05, 4.69) is 30.9 Å². The molecular formula is C2H4BN6. The van der Waals surface area contributed by atoms with E-state index in [-0.39, 0.29) is 12.6 Å². The lowest BCUT2D eigenvalue weighted by molar-refractivity contribution is 0.818. The molecule has 0 unspecified atom stereocenters. The van der Waals surface area contributed by atoms with Crippen LogP contribution in [0, 0.1) is 0 Å². The summed E-state index contributed by atoms with van der Waals surface area (Å²) in [6.07, 6.45) is -0.0625. The Balaban J connectivity index is 1.47. The Labute approximate surface area is 52.1 Å². The standard InChI is InChI=1S/C2H4BN6/c3(4-1-6-7-1)5-2-8-9-2/h1-2,4-5H. The van der Waals surface area contributed by atoms with E-state index in [0.29, 0.717) is 0 Å². The highest BCUT2D eigenvalue weighted by atomic mass is 15.5. The third-order valence-corrected chi connectivity index (χ3v) is 0.927. The number of nitrogens with zero attached hydrogens (tertiary/aromatic N) is 4. The molecule has 0 aromatic carbocycles. The molecule has 2 aliphatic rings. The molecule has 1 radical (unpaired) electrons. The first-order chi connectivity index (χ1) is 4.45. The van der Waals surface area contributed by atoms with E-state index < -0.39 is 0 Å². The van der Waals surface area contributed by atoms with Crippen molar-refractivity contribution >= 4 is 7.55 Å². The average molecular weight is 123 g/mol. The maximum absolute atomic E-state index is 3.60. The molecule has 0 bridgehead atoms. The highest BCUT2D eigenvalue weighted by molar-refractivity contribution is 6.29. The molecule has 0 amide bonds. The van der Waals surface area contributed by atoms with Crippen LogP contribution < -0.4 is 10.5 Å². The Morgan fingerprint density at radius 3 is 1.67 bits per heavy atom. The van der Waals surface area contributed by atoms with Crippen molar-refractivity contribution in [3.05, 3.63) is 0 Å². The summed E-state index contributed by atoms with van der Waals surface area (Å²) < 4.78 is 0. The van der Waals surface area contributed by atoms with Crippen LogP contribution >= 0.6 is 0 Å². The van der Waals surface area contributed by atoms with Gasteiger partial charge < -0.3 is 10.5 Å².